The van der Waals surface area contributed by atoms with Crippen molar-refractivity contribution in [3.05, 3.63) is 41.1 Å². The van der Waals surface area contributed by atoms with Gasteiger partial charge in [0.2, 0.25) is 5.78 Å². The number of Topliss-reactive ketones (excluding diaryl/α,β-unsaturated/α-hetero) is 1. The third kappa shape index (κ3) is 1.43. The number of para-hydroxylation sites is 1. The van der Waals surface area contributed by atoms with Gasteiger partial charge in [-0.05, 0) is 18.2 Å². The van der Waals surface area contributed by atoms with Crippen molar-refractivity contribution in [3.63, 3.8) is 0 Å². The van der Waals surface area contributed by atoms with E-state index in [-0.39, 0.29) is 11.6 Å². The smallest absolute Gasteiger partial charge is 0.211 e. The van der Waals surface area contributed by atoms with Gasteiger partial charge in [0.05, 0.1) is 11.3 Å². The highest BCUT2D eigenvalue weighted by Gasteiger charge is 2.24. The molecule has 2 aromatic rings. The molecule has 6 nitrogen and oxygen atoms in total. The Balaban J connectivity index is 2.05. The maximum atomic E-state index is 12.1. The second-order valence-electron chi connectivity index (χ2n) is 3.99. The van der Waals surface area contributed by atoms with E-state index in [1.54, 1.807) is 12.1 Å². The van der Waals surface area contributed by atoms with E-state index in [9.17, 15) is 4.79 Å². The highest BCUT2D eigenvalue weighted by Crippen LogP contribution is 2.30. The number of allylic oxidation sites excluding steroid dienone is 1. The largest absolute Gasteiger partial charge is 0.384 e. The van der Waals surface area contributed by atoms with Crippen LogP contribution in [0.2, 0.25) is 0 Å². The summed E-state index contributed by atoms with van der Waals surface area (Å²) < 4.78 is 0. The van der Waals surface area contributed by atoms with Crippen molar-refractivity contribution < 1.29 is 4.79 Å². The molecule has 3 rings (SSSR count). The fraction of sp³-hybridized carbons (Fsp3) is 0. The van der Waals surface area contributed by atoms with E-state index in [1.165, 1.54) is 0 Å². The maximum absolute atomic E-state index is 12.1. The Labute approximate surface area is 103 Å². The fourth-order valence-corrected chi connectivity index (χ4v) is 1.91. The van der Waals surface area contributed by atoms with Gasteiger partial charge < -0.3 is 16.8 Å². The highest BCUT2D eigenvalue weighted by molar-refractivity contribution is 6.20. The van der Waals surface area contributed by atoms with Crippen LogP contribution in [0.1, 0.15) is 15.9 Å². The van der Waals surface area contributed by atoms with E-state index in [0.717, 1.165) is 5.69 Å². The van der Waals surface area contributed by atoms with Crippen LogP contribution in [0.3, 0.4) is 0 Å². The first-order valence-corrected chi connectivity index (χ1v) is 5.38. The predicted octanol–water partition coefficient (Wildman–Crippen LogP) is 1.22. The second-order valence-corrected chi connectivity index (χ2v) is 3.99. The second kappa shape index (κ2) is 3.63. The van der Waals surface area contributed by atoms with Gasteiger partial charge in [0, 0.05) is 11.3 Å². The minimum absolute atomic E-state index is 0.0781. The molecule has 0 aliphatic carbocycles. The Morgan fingerprint density at radius 2 is 2.00 bits per heavy atom. The van der Waals surface area contributed by atoms with E-state index in [4.69, 9.17) is 11.5 Å². The summed E-state index contributed by atoms with van der Waals surface area (Å²) in [5.74, 6) is 0.529. The molecule has 0 fully saturated rings. The van der Waals surface area contributed by atoms with E-state index < -0.39 is 0 Å². The number of nitrogens with one attached hydrogen (secondary N) is 2. The summed E-state index contributed by atoms with van der Waals surface area (Å²) in [6.07, 6.45) is 1.61. The van der Waals surface area contributed by atoms with Gasteiger partial charge in [-0.1, -0.05) is 12.1 Å². The van der Waals surface area contributed by atoms with Gasteiger partial charge in [0.25, 0.3) is 0 Å². The third-order valence-corrected chi connectivity index (χ3v) is 2.84. The van der Waals surface area contributed by atoms with Crippen molar-refractivity contribution in [3.8, 4) is 0 Å². The summed E-state index contributed by atoms with van der Waals surface area (Å²) in [6.45, 7) is 0. The van der Waals surface area contributed by atoms with Crippen LogP contribution in [0.25, 0.3) is 6.08 Å². The molecule has 6 N–H and O–H groups in total. The zero-order valence-corrected chi connectivity index (χ0v) is 9.40. The number of nitrogens with two attached hydrogens (primary N) is 2. The number of aromatic nitrogens is 2. The average Bonchev–Trinajstić information content (AvgIpc) is 2.85. The zero-order valence-electron chi connectivity index (χ0n) is 9.40. The molecule has 1 aliphatic heterocycles. The number of H-pyrrole nitrogens is 1. The molecule has 0 spiro atoms. The van der Waals surface area contributed by atoms with Crippen LogP contribution in [-0.4, -0.2) is 16.0 Å². The number of nitrogens with zero attached hydrogens (tertiary/aromatic N) is 1. The van der Waals surface area contributed by atoms with Gasteiger partial charge in [-0.25, -0.2) is 0 Å². The molecule has 0 unspecified atom stereocenters. The quantitative estimate of drug-likeness (QED) is 0.561. The Hall–Kier alpha value is -2.76. The molecule has 18 heavy (non-hydrogen) atoms. The number of hydrogen-bond acceptors (Lipinski definition) is 5. The van der Waals surface area contributed by atoms with Crippen LogP contribution in [0.4, 0.5) is 17.3 Å². The molecule has 0 atom stereocenters. The minimum atomic E-state index is -0.0781. The molecule has 0 bridgehead atoms. The molecule has 1 aromatic carbocycles. The van der Waals surface area contributed by atoms with Crippen LogP contribution in [0, 0.1) is 0 Å². The van der Waals surface area contributed by atoms with Crippen LogP contribution in [-0.2, 0) is 0 Å². The van der Waals surface area contributed by atoms with Crippen LogP contribution in [0.5, 0.6) is 0 Å². The molecule has 0 saturated heterocycles. The maximum Gasteiger partial charge on any atom is 0.211 e. The normalized spacial score (nSPS) is 15.8. The van der Waals surface area contributed by atoms with Gasteiger partial charge in [-0.2, -0.15) is 5.10 Å². The number of hydrogen-bond donors (Lipinski definition) is 4. The monoisotopic (exact) mass is 241 g/mol. The number of fused-ring (bicyclic) bond motifs is 1. The van der Waals surface area contributed by atoms with E-state index >= 15 is 0 Å². The highest BCUT2D eigenvalue weighted by atomic mass is 16.1. The van der Waals surface area contributed by atoms with Crippen molar-refractivity contribution >= 4 is 29.2 Å². The molecule has 0 radical (unpaired) electrons. The lowest BCUT2D eigenvalue weighted by Gasteiger charge is -1.98. The molecule has 0 amide bonds. The van der Waals surface area contributed by atoms with Crippen LogP contribution in [0.15, 0.2) is 30.0 Å². The lowest BCUT2D eigenvalue weighted by atomic mass is 10.1. The lowest BCUT2D eigenvalue weighted by molar-refractivity contribution is 0.104. The Morgan fingerprint density at radius 3 is 2.67 bits per heavy atom. The first-order valence-electron chi connectivity index (χ1n) is 5.38. The summed E-state index contributed by atoms with van der Waals surface area (Å²) in [4.78, 5) is 12.1. The Kier molecular flexibility index (Phi) is 2.09. The van der Waals surface area contributed by atoms with Crippen molar-refractivity contribution in [2.75, 3.05) is 16.8 Å². The van der Waals surface area contributed by atoms with Crippen molar-refractivity contribution in [2.24, 2.45) is 0 Å². The average molecular weight is 241 g/mol. The van der Waals surface area contributed by atoms with Gasteiger partial charge in [-0.15, -0.1) is 0 Å². The number of ketones is 1. The summed E-state index contributed by atoms with van der Waals surface area (Å²) in [5.41, 5.74) is 13.7. The molecule has 6 heteroatoms. The fourth-order valence-electron chi connectivity index (χ4n) is 1.91. The molecular weight excluding hydrogens is 230 g/mol. The van der Waals surface area contributed by atoms with Crippen molar-refractivity contribution in [1.29, 1.82) is 0 Å². The van der Waals surface area contributed by atoms with E-state index in [1.807, 2.05) is 18.2 Å². The number of nitrogen functional groups attached to an aromatic ring is 2. The number of aromatic amines is 1. The zero-order chi connectivity index (χ0) is 12.7. The molecule has 2 heterocycles. The van der Waals surface area contributed by atoms with Crippen molar-refractivity contribution in [1.82, 2.24) is 10.2 Å². The third-order valence-electron chi connectivity index (χ3n) is 2.84. The molecule has 1 aliphatic rings. The summed E-state index contributed by atoms with van der Waals surface area (Å²) in [6, 6.07) is 7.30. The molecule has 0 saturated carbocycles. The van der Waals surface area contributed by atoms with Crippen molar-refractivity contribution in [2.45, 2.75) is 0 Å². The molecule has 90 valence electrons. The SMILES string of the molecule is Nc1n[nH]c(N)c1C=C1Nc2ccccc2C1=O. The molecule has 1 aromatic heterocycles. The Morgan fingerprint density at radius 1 is 1.22 bits per heavy atom. The number of anilines is 3. The summed E-state index contributed by atoms with van der Waals surface area (Å²) in [7, 11) is 0. The van der Waals surface area contributed by atoms with Gasteiger partial charge in [0.15, 0.2) is 5.82 Å². The van der Waals surface area contributed by atoms with Gasteiger partial charge in [-0.3, -0.25) is 9.89 Å². The standard InChI is InChI=1S/C12H11N5O/c13-11-7(12(14)17-16-11)5-9-10(18)6-3-1-2-4-8(6)15-9/h1-5,15H,(H5,13,14,16,17). The summed E-state index contributed by atoms with van der Waals surface area (Å²) in [5, 5.41) is 9.38. The predicted molar refractivity (Wildman–Crippen MR) is 69.8 cm³/mol. The number of benzene rings is 1. The first-order chi connectivity index (χ1) is 8.66. The van der Waals surface area contributed by atoms with Crippen LogP contribution >= 0.6 is 0 Å². The van der Waals surface area contributed by atoms with Crippen LogP contribution < -0.4 is 16.8 Å². The van der Waals surface area contributed by atoms with Gasteiger partial charge >= 0.3 is 0 Å². The van der Waals surface area contributed by atoms with E-state index in [2.05, 4.69) is 15.5 Å². The number of carbonyl (C=O) groups excluding carboxylic acids is 1. The first kappa shape index (κ1) is 10.4. The number of carbonyl (C=O) groups is 1. The Bertz CT molecular complexity index is 651. The summed E-state index contributed by atoms with van der Waals surface area (Å²) >= 11 is 0. The van der Waals surface area contributed by atoms with Gasteiger partial charge in [0.1, 0.15) is 5.82 Å². The number of rotatable bonds is 1. The topological polar surface area (TPSA) is 110 Å². The minimum Gasteiger partial charge on any atom is -0.384 e. The lowest BCUT2D eigenvalue weighted by Crippen LogP contribution is -2.01. The van der Waals surface area contributed by atoms with E-state index in [0.29, 0.717) is 22.6 Å². The molecular formula is C12H11N5O.